The Morgan fingerprint density at radius 2 is 2.04 bits per heavy atom. The van der Waals surface area contributed by atoms with E-state index < -0.39 is 5.91 Å². The molecule has 0 unspecified atom stereocenters. The summed E-state index contributed by atoms with van der Waals surface area (Å²) in [6.45, 7) is 1.89. The minimum atomic E-state index is -0.458. The van der Waals surface area contributed by atoms with Crippen molar-refractivity contribution in [3.05, 3.63) is 29.2 Å². The van der Waals surface area contributed by atoms with Crippen LogP contribution in [0.1, 0.15) is 35.4 Å². The second-order valence-electron chi connectivity index (χ2n) is 5.55. The Balaban J connectivity index is 1.68. The second kappa shape index (κ2) is 7.35. The number of anilines is 2. The number of carbonyl (C=O) groups excluding carboxylic acids is 2. The molecule has 24 heavy (non-hydrogen) atoms. The van der Waals surface area contributed by atoms with Crippen molar-refractivity contribution >= 4 is 34.1 Å². The van der Waals surface area contributed by atoms with E-state index in [1.54, 1.807) is 11.4 Å². The average Bonchev–Trinajstić information content (AvgIpc) is 3.02. The molecule has 8 nitrogen and oxygen atoms in total. The van der Waals surface area contributed by atoms with Gasteiger partial charge in [0.1, 0.15) is 17.8 Å². The zero-order valence-corrected chi connectivity index (χ0v) is 13.9. The van der Waals surface area contributed by atoms with Crippen LogP contribution in [-0.2, 0) is 11.2 Å². The summed E-state index contributed by atoms with van der Waals surface area (Å²) in [4.78, 5) is 37.8. The number of nitrogens with two attached hydrogens (primary N) is 1. The molecule has 3 rings (SSSR count). The highest BCUT2D eigenvalue weighted by Crippen LogP contribution is 2.19. The first-order valence-electron chi connectivity index (χ1n) is 7.73. The van der Waals surface area contributed by atoms with Gasteiger partial charge >= 0.3 is 0 Å². The quantitative estimate of drug-likeness (QED) is 0.841. The van der Waals surface area contributed by atoms with Crippen LogP contribution in [0, 0.1) is 0 Å². The van der Waals surface area contributed by atoms with Crippen LogP contribution in [0.2, 0.25) is 0 Å². The number of rotatable bonds is 5. The maximum atomic E-state index is 12.3. The molecule has 0 bridgehead atoms. The zero-order chi connectivity index (χ0) is 16.9. The van der Waals surface area contributed by atoms with Crippen molar-refractivity contribution in [2.75, 3.05) is 23.3 Å². The fourth-order valence-corrected chi connectivity index (χ4v) is 3.26. The molecule has 1 fully saturated rings. The van der Waals surface area contributed by atoms with Crippen molar-refractivity contribution in [1.82, 2.24) is 15.0 Å². The highest BCUT2D eigenvalue weighted by atomic mass is 32.1. The van der Waals surface area contributed by atoms with Gasteiger partial charge in [-0.15, -0.1) is 11.3 Å². The van der Waals surface area contributed by atoms with Crippen LogP contribution in [-0.4, -0.2) is 39.9 Å². The SMILES string of the molecule is NC(=O)Cc1csc(NC(=O)c2cc(N3CCCCC3)ncn2)n1. The molecule has 1 aliphatic heterocycles. The molecule has 0 radical (unpaired) electrons. The first-order valence-corrected chi connectivity index (χ1v) is 8.61. The highest BCUT2D eigenvalue weighted by Gasteiger charge is 2.16. The predicted octanol–water partition coefficient (Wildman–Crippen LogP) is 1.20. The summed E-state index contributed by atoms with van der Waals surface area (Å²) in [6, 6.07) is 1.69. The number of hydrogen-bond donors (Lipinski definition) is 2. The van der Waals surface area contributed by atoms with Gasteiger partial charge in [-0.25, -0.2) is 15.0 Å². The third-order valence-electron chi connectivity index (χ3n) is 3.69. The van der Waals surface area contributed by atoms with Crippen LogP contribution >= 0.6 is 11.3 Å². The largest absolute Gasteiger partial charge is 0.369 e. The summed E-state index contributed by atoms with van der Waals surface area (Å²) in [5.41, 5.74) is 5.96. The van der Waals surface area contributed by atoms with E-state index in [2.05, 4.69) is 25.2 Å². The van der Waals surface area contributed by atoms with Crippen LogP contribution in [0.5, 0.6) is 0 Å². The molecule has 0 aliphatic carbocycles. The van der Waals surface area contributed by atoms with Gasteiger partial charge in [0.05, 0.1) is 12.1 Å². The topological polar surface area (TPSA) is 114 Å². The highest BCUT2D eigenvalue weighted by molar-refractivity contribution is 7.14. The second-order valence-corrected chi connectivity index (χ2v) is 6.41. The third-order valence-corrected chi connectivity index (χ3v) is 4.50. The van der Waals surface area contributed by atoms with Crippen molar-refractivity contribution in [3.8, 4) is 0 Å². The molecule has 2 aromatic heterocycles. The molecule has 2 amide bonds. The smallest absolute Gasteiger partial charge is 0.276 e. The lowest BCUT2D eigenvalue weighted by atomic mass is 10.1. The standard InChI is InChI=1S/C15H18N6O2S/c16-12(22)6-10-8-24-15(19-10)20-14(23)11-7-13(18-9-17-11)21-4-2-1-3-5-21/h7-9H,1-6H2,(H2,16,22)(H,19,20,23). The fourth-order valence-electron chi connectivity index (χ4n) is 2.55. The van der Waals surface area contributed by atoms with Crippen molar-refractivity contribution in [3.63, 3.8) is 0 Å². The summed E-state index contributed by atoms with van der Waals surface area (Å²) in [5, 5.41) is 4.79. The molecule has 126 valence electrons. The van der Waals surface area contributed by atoms with Gasteiger partial charge in [-0.3, -0.25) is 14.9 Å². The molecule has 0 atom stereocenters. The molecule has 2 aromatic rings. The van der Waals surface area contributed by atoms with Crippen LogP contribution in [0.25, 0.3) is 0 Å². The van der Waals surface area contributed by atoms with E-state index >= 15 is 0 Å². The first kappa shape index (κ1) is 16.3. The van der Waals surface area contributed by atoms with Gasteiger partial charge in [0.25, 0.3) is 5.91 Å². The Bertz CT molecular complexity index is 741. The predicted molar refractivity (Wildman–Crippen MR) is 91.1 cm³/mol. The molecule has 0 aromatic carbocycles. The summed E-state index contributed by atoms with van der Waals surface area (Å²) in [6.07, 6.45) is 4.95. The van der Waals surface area contributed by atoms with E-state index in [9.17, 15) is 9.59 Å². The van der Waals surface area contributed by atoms with Gasteiger partial charge in [-0.05, 0) is 19.3 Å². The normalized spacial score (nSPS) is 14.4. The maximum Gasteiger partial charge on any atom is 0.276 e. The number of nitrogens with zero attached hydrogens (tertiary/aromatic N) is 4. The molecule has 1 aliphatic rings. The molecule has 9 heteroatoms. The minimum Gasteiger partial charge on any atom is -0.369 e. The van der Waals surface area contributed by atoms with Gasteiger partial charge in [0, 0.05) is 24.5 Å². The van der Waals surface area contributed by atoms with Gasteiger partial charge < -0.3 is 10.6 Å². The van der Waals surface area contributed by atoms with E-state index in [0.29, 0.717) is 10.8 Å². The zero-order valence-electron chi connectivity index (χ0n) is 13.1. The molecular formula is C15H18N6O2S. The lowest BCUT2D eigenvalue weighted by Gasteiger charge is -2.27. The number of primary amides is 1. The molecule has 0 saturated carbocycles. The Morgan fingerprint density at radius 3 is 2.79 bits per heavy atom. The molecule has 3 N–H and O–H groups in total. The van der Waals surface area contributed by atoms with Crippen LogP contribution in [0.3, 0.4) is 0 Å². The van der Waals surface area contributed by atoms with Gasteiger partial charge in [-0.1, -0.05) is 0 Å². The first-order chi connectivity index (χ1) is 11.6. The number of nitrogens with one attached hydrogen (secondary N) is 1. The fraction of sp³-hybridized carbons (Fsp3) is 0.400. The summed E-state index contributed by atoms with van der Waals surface area (Å²) in [7, 11) is 0. The van der Waals surface area contributed by atoms with E-state index in [0.717, 1.165) is 31.7 Å². The third kappa shape index (κ3) is 4.05. The number of amides is 2. The van der Waals surface area contributed by atoms with E-state index in [1.807, 2.05) is 0 Å². The number of carbonyl (C=O) groups is 2. The Hall–Kier alpha value is -2.55. The molecule has 1 saturated heterocycles. The van der Waals surface area contributed by atoms with Crippen LogP contribution in [0.15, 0.2) is 17.8 Å². The maximum absolute atomic E-state index is 12.3. The van der Waals surface area contributed by atoms with Crippen LogP contribution < -0.4 is 16.0 Å². The summed E-state index contributed by atoms with van der Waals surface area (Å²) < 4.78 is 0. The number of thiazole rings is 1. The summed E-state index contributed by atoms with van der Waals surface area (Å²) in [5.74, 6) is -0.0424. The number of aromatic nitrogens is 3. The van der Waals surface area contributed by atoms with Gasteiger partial charge in [0.2, 0.25) is 5.91 Å². The molecular weight excluding hydrogens is 328 g/mol. The average molecular weight is 346 g/mol. The lowest BCUT2D eigenvalue weighted by molar-refractivity contribution is -0.117. The van der Waals surface area contributed by atoms with Gasteiger partial charge in [-0.2, -0.15) is 0 Å². The van der Waals surface area contributed by atoms with Gasteiger partial charge in [0.15, 0.2) is 5.13 Å². The molecule has 0 spiro atoms. The Labute approximate surface area is 143 Å². The van der Waals surface area contributed by atoms with Crippen molar-refractivity contribution in [2.24, 2.45) is 5.73 Å². The van der Waals surface area contributed by atoms with Crippen molar-refractivity contribution in [2.45, 2.75) is 25.7 Å². The van der Waals surface area contributed by atoms with Crippen molar-refractivity contribution < 1.29 is 9.59 Å². The lowest BCUT2D eigenvalue weighted by Crippen LogP contribution is -2.30. The Morgan fingerprint density at radius 1 is 1.25 bits per heavy atom. The Kier molecular flexibility index (Phi) is 4.99. The number of hydrogen-bond acceptors (Lipinski definition) is 7. The molecule has 3 heterocycles. The monoisotopic (exact) mass is 346 g/mol. The van der Waals surface area contributed by atoms with E-state index in [4.69, 9.17) is 5.73 Å². The van der Waals surface area contributed by atoms with E-state index in [-0.39, 0.29) is 18.0 Å². The van der Waals surface area contributed by atoms with Crippen molar-refractivity contribution in [1.29, 1.82) is 0 Å². The minimum absolute atomic E-state index is 0.0545. The number of piperidine rings is 1. The van der Waals surface area contributed by atoms with E-state index in [1.165, 1.54) is 24.1 Å². The summed E-state index contributed by atoms with van der Waals surface area (Å²) >= 11 is 1.24. The van der Waals surface area contributed by atoms with Crippen LogP contribution in [0.4, 0.5) is 10.9 Å².